The summed E-state index contributed by atoms with van der Waals surface area (Å²) in [4.78, 5) is 13.3. The molecule has 0 aliphatic heterocycles. The van der Waals surface area contributed by atoms with E-state index in [-0.39, 0.29) is 17.1 Å². The van der Waals surface area contributed by atoms with E-state index in [1.165, 1.54) is 22.2 Å². The van der Waals surface area contributed by atoms with E-state index in [9.17, 15) is 4.79 Å². The summed E-state index contributed by atoms with van der Waals surface area (Å²) in [5.74, 6) is 1.67. The van der Waals surface area contributed by atoms with Crippen molar-refractivity contribution in [2.24, 2.45) is 0 Å². The first kappa shape index (κ1) is 22.4. The minimum atomic E-state index is -0.0287. The maximum Gasteiger partial charge on any atom is 0.277 e. The first-order chi connectivity index (χ1) is 14.4. The number of nitrogens with one attached hydrogen (secondary N) is 1. The van der Waals surface area contributed by atoms with E-state index in [4.69, 9.17) is 4.42 Å². The van der Waals surface area contributed by atoms with Crippen molar-refractivity contribution in [2.75, 3.05) is 18.1 Å². The van der Waals surface area contributed by atoms with E-state index < -0.39 is 0 Å². The van der Waals surface area contributed by atoms with Gasteiger partial charge in [0.2, 0.25) is 11.8 Å². The number of aromatic nitrogens is 2. The number of hydrogen-bond acceptors (Lipinski definition) is 6. The SMILES string of the molecule is CC(C)(C)c1ccc(-c2nnc(SCC(=O)NCCCSc3ccccc3)o2)cc1. The molecule has 0 saturated heterocycles. The largest absolute Gasteiger partial charge is 0.411 e. The molecule has 5 nitrogen and oxygen atoms in total. The normalized spacial score (nSPS) is 11.4. The van der Waals surface area contributed by atoms with Gasteiger partial charge < -0.3 is 9.73 Å². The van der Waals surface area contributed by atoms with Gasteiger partial charge in [0.15, 0.2) is 0 Å². The Labute approximate surface area is 186 Å². The fourth-order valence-corrected chi connectivity index (χ4v) is 4.15. The van der Waals surface area contributed by atoms with Gasteiger partial charge in [-0.1, -0.05) is 62.9 Å². The highest BCUT2D eigenvalue weighted by Crippen LogP contribution is 2.27. The molecule has 0 aliphatic carbocycles. The molecule has 1 N–H and O–H groups in total. The van der Waals surface area contributed by atoms with E-state index in [1.54, 1.807) is 11.8 Å². The zero-order valence-corrected chi connectivity index (χ0v) is 19.2. The molecule has 3 rings (SSSR count). The molecule has 3 aromatic rings. The van der Waals surface area contributed by atoms with Crippen molar-refractivity contribution >= 4 is 29.4 Å². The highest BCUT2D eigenvalue weighted by molar-refractivity contribution is 7.99. The average Bonchev–Trinajstić information content (AvgIpc) is 3.21. The lowest BCUT2D eigenvalue weighted by Crippen LogP contribution is -2.26. The molecule has 0 unspecified atom stereocenters. The number of rotatable bonds is 9. The number of amides is 1. The molecule has 0 bridgehead atoms. The van der Waals surface area contributed by atoms with Crippen LogP contribution in [0.15, 0.2) is 69.1 Å². The number of carbonyl (C=O) groups excluding carboxylic acids is 1. The van der Waals surface area contributed by atoms with Gasteiger partial charge in [0.1, 0.15) is 0 Å². The summed E-state index contributed by atoms with van der Waals surface area (Å²) in [7, 11) is 0. The third-order valence-corrected chi connectivity index (χ3v) is 6.30. The van der Waals surface area contributed by atoms with Crippen LogP contribution in [0.4, 0.5) is 0 Å². The molecule has 1 aromatic heterocycles. The van der Waals surface area contributed by atoms with Gasteiger partial charge in [0, 0.05) is 17.0 Å². The average molecular weight is 442 g/mol. The summed E-state index contributed by atoms with van der Waals surface area (Å²) in [6, 6.07) is 18.4. The van der Waals surface area contributed by atoms with Crippen LogP contribution >= 0.6 is 23.5 Å². The van der Waals surface area contributed by atoms with E-state index in [1.807, 2.05) is 30.3 Å². The number of hydrogen-bond donors (Lipinski definition) is 1. The van der Waals surface area contributed by atoms with Crippen molar-refractivity contribution < 1.29 is 9.21 Å². The third kappa shape index (κ3) is 6.92. The van der Waals surface area contributed by atoms with Gasteiger partial charge in [0.05, 0.1) is 5.75 Å². The van der Waals surface area contributed by atoms with Crippen LogP contribution in [0.1, 0.15) is 32.8 Å². The first-order valence-electron chi connectivity index (χ1n) is 9.93. The van der Waals surface area contributed by atoms with Crippen molar-refractivity contribution in [3.63, 3.8) is 0 Å². The second-order valence-corrected chi connectivity index (χ2v) is 9.95. The molecular formula is C23H27N3O2S2. The number of benzene rings is 2. The molecule has 30 heavy (non-hydrogen) atoms. The van der Waals surface area contributed by atoms with Gasteiger partial charge in [-0.15, -0.1) is 22.0 Å². The molecule has 0 atom stereocenters. The Kier molecular flexibility index (Phi) is 7.99. The van der Waals surface area contributed by atoms with Crippen molar-refractivity contribution in [2.45, 2.75) is 42.7 Å². The summed E-state index contributed by atoms with van der Waals surface area (Å²) < 4.78 is 5.70. The van der Waals surface area contributed by atoms with E-state index >= 15 is 0 Å². The lowest BCUT2D eigenvalue weighted by molar-refractivity contribution is -0.118. The Morgan fingerprint density at radius 1 is 1.00 bits per heavy atom. The van der Waals surface area contributed by atoms with Crippen molar-refractivity contribution in [3.05, 3.63) is 60.2 Å². The van der Waals surface area contributed by atoms with Gasteiger partial charge in [0.25, 0.3) is 5.22 Å². The summed E-state index contributed by atoms with van der Waals surface area (Å²) in [5.41, 5.74) is 2.23. The zero-order chi connectivity index (χ0) is 21.4. The van der Waals surface area contributed by atoms with Crippen LogP contribution in [-0.2, 0) is 10.2 Å². The second kappa shape index (κ2) is 10.7. The predicted molar refractivity (Wildman–Crippen MR) is 124 cm³/mol. The standard InChI is InChI=1S/C23H27N3O2S2/c1-23(2,3)18-12-10-17(11-13-18)21-25-26-22(28-21)30-16-20(27)24-14-7-15-29-19-8-5-4-6-9-19/h4-6,8-13H,7,14-16H2,1-3H3,(H,24,27). The Bertz CT molecular complexity index is 935. The first-order valence-corrected chi connectivity index (χ1v) is 11.9. The maximum atomic E-state index is 12.0. The topological polar surface area (TPSA) is 68.0 Å². The third-order valence-electron chi connectivity index (χ3n) is 4.39. The highest BCUT2D eigenvalue weighted by atomic mass is 32.2. The lowest BCUT2D eigenvalue weighted by Gasteiger charge is -2.18. The molecule has 1 amide bonds. The molecule has 1 heterocycles. The summed E-state index contributed by atoms with van der Waals surface area (Å²) in [6.07, 6.45) is 0.922. The molecule has 0 fully saturated rings. The van der Waals surface area contributed by atoms with Crippen LogP contribution < -0.4 is 5.32 Å². The maximum absolute atomic E-state index is 12.0. The van der Waals surface area contributed by atoms with Crippen molar-refractivity contribution in [1.82, 2.24) is 15.5 Å². The molecule has 0 radical (unpaired) electrons. The minimum Gasteiger partial charge on any atom is -0.411 e. The Balaban J connectivity index is 1.38. The van der Waals surface area contributed by atoms with E-state index in [0.29, 0.717) is 17.7 Å². The number of thioether (sulfide) groups is 2. The van der Waals surface area contributed by atoms with Gasteiger partial charge in [-0.05, 0) is 47.4 Å². The van der Waals surface area contributed by atoms with E-state index in [2.05, 4.69) is 60.6 Å². The Hall–Kier alpha value is -2.25. The van der Waals surface area contributed by atoms with Gasteiger partial charge in [-0.25, -0.2) is 0 Å². The lowest BCUT2D eigenvalue weighted by atomic mass is 9.87. The Morgan fingerprint density at radius 2 is 1.73 bits per heavy atom. The van der Waals surface area contributed by atoms with Gasteiger partial charge >= 0.3 is 0 Å². The van der Waals surface area contributed by atoms with Crippen LogP contribution in [0.25, 0.3) is 11.5 Å². The van der Waals surface area contributed by atoms with Crippen LogP contribution in [-0.4, -0.2) is 34.2 Å². The summed E-state index contributed by atoms with van der Waals surface area (Å²) >= 11 is 3.05. The predicted octanol–water partition coefficient (Wildman–Crippen LogP) is 5.42. The van der Waals surface area contributed by atoms with Gasteiger partial charge in [-0.2, -0.15) is 0 Å². The summed E-state index contributed by atoms with van der Waals surface area (Å²) in [6.45, 7) is 7.19. The molecular weight excluding hydrogens is 414 g/mol. The van der Waals surface area contributed by atoms with Crippen molar-refractivity contribution in [1.29, 1.82) is 0 Å². The molecule has 0 spiro atoms. The smallest absolute Gasteiger partial charge is 0.277 e. The number of nitrogens with zero attached hydrogens (tertiary/aromatic N) is 2. The second-order valence-electron chi connectivity index (χ2n) is 7.85. The number of carbonyl (C=O) groups is 1. The Morgan fingerprint density at radius 3 is 2.43 bits per heavy atom. The minimum absolute atomic E-state index is 0.0287. The van der Waals surface area contributed by atoms with Crippen LogP contribution in [0.3, 0.4) is 0 Å². The fourth-order valence-electron chi connectivity index (χ4n) is 2.68. The van der Waals surface area contributed by atoms with Gasteiger partial charge in [-0.3, -0.25) is 4.79 Å². The fraction of sp³-hybridized carbons (Fsp3) is 0.348. The van der Waals surface area contributed by atoms with Crippen LogP contribution in [0.5, 0.6) is 0 Å². The molecule has 0 saturated carbocycles. The summed E-state index contributed by atoms with van der Waals surface area (Å²) in [5, 5.41) is 11.5. The zero-order valence-electron chi connectivity index (χ0n) is 17.6. The molecule has 7 heteroatoms. The molecule has 158 valence electrons. The van der Waals surface area contributed by atoms with Crippen LogP contribution in [0, 0.1) is 0 Å². The van der Waals surface area contributed by atoms with Crippen molar-refractivity contribution in [3.8, 4) is 11.5 Å². The van der Waals surface area contributed by atoms with Crippen LogP contribution in [0.2, 0.25) is 0 Å². The van der Waals surface area contributed by atoms with E-state index in [0.717, 1.165) is 17.7 Å². The molecule has 2 aromatic carbocycles. The monoisotopic (exact) mass is 441 g/mol. The quantitative estimate of drug-likeness (QED) is 0.353. The highest BCUT2D eigenvalue weighted by Gasteiger charge is 2.15. The molecule has 0 aliphatic rings.